The summed E-state index contributed by atoms with van der Waals surface area (Å²) in [5.41, 5.74) is 0.349. The lowest BCUT2D eigenvalue weighted by Crippen LogP contribution is -2.49. The molecule has 1 fully saturated rings. The van der Waals surface area contributed by atoms with E-state index in [1.165, 1.54) is 4.90 Å². The summed E-state index contributed by atoms with van der Waals surface area (Å²) in [6.45, 7) is 4.03. The van der Waals surface area contributed by atoms with Crippen LogP contribution < -0.4 is 5.32 Å². The number of carbonyl (C=O) groups is 1. The predicted molar refractivity (Wildman–Crippen MR) is 83.2 cm³/mol. The number of nitrogens with zero attached hydrogens (tertiary/aromatic N) is 5. The number of rotatable bonds is 3. The van der Waals surface area contributed by atoms with E-state index < -0.39 is 24.1 Å². The second kappa shape index (κ2) is 7.47. The van der Waals surface area contributed by atoms with Gasteiger partial charge in [0.15, 0.2) is 11.9 Å². The molecule has 0 spiro atoms. The van der Waals surface area contributed by atoms with Crippen molar-refractivity contribution in [1.82, 2.24) is 30.3 Å². The van der Waals surface area contributed by atoms with Crippen LogP contribution in [0.15, 0.2) is 16.9 Å². The van der Waals surface area contributed by atoms with E-state index in [4.69, 9.17) is 9.26 Å². The summed E-state index contributed by atoms with van der Waals surface area (Å²) in [7, 11) is 0. The number of alkyl halides is 3. The maximum atomic E-state index is 12.5. The van der Waals surface area contributed by atoms with Crippen LogP contribution >= 0.6 is 0 Å². The second-order valence-electron chi connectivity index (χ2n) is 6.09. The molecule has 0 aromatic carbocycles. The second-order valence-corrected chi connectivity index (χ2v) is 6.09. The Balaban J connectivity index is 1.58. The Morgan fingerprint density at radius 3 is 2.63 bits per heavy atom. The first-order chi connectivity index (χ1) is 12.7. The quantitative estimate of drug-likeness (QED) is 0.858. The molecule has 146 valence electrons. The molecule has 0 bridgehead atoms. The first-order valence-electron chi connectivity index (χ1n) is 8.09. The highest BCUT2D eigenvalue weighted by Gasteiger charge is 2.34. The lowest BCUT2D eigenvalue weighted by atomic mass is 10.2. The van der Waals surface area contributed by atoms with Crippen molar-refractivity contribution < 1.29 is 27.2 Å². The maximum absolute atomic E-state index is 12.5. The molecule has 1 saturated heterocycles. The fourth-order valence-electron chi connectivity index (χ4n) is 2.58. The smallest absolute Gasteiger partial charge is 0.362 e. The molecule has 3 rings (SSSR count). The van der Waals surface area contributed by atoms with E-state index in [2.05, 4.69) is 25.4 Å². The predicted octanol–water partition coefficient (Wildman–Crippen LogP) is 1.86. The molecule has 3 heterocycles. The van der Waals surface area contributed by atoms with Gasteiger partial charge in [0, 0.05) is 31.0 Å². The topological polar surface area (TPSA) is 106 Å². The van der Waals surface area contributed by atoms with Gasteiger partial charge in [0.05, 0.1) is 12.6 Å². The van der Waals surface area contributed by atoms with Crippen molar-refractivity contribution in [3.05, 3.63) is 35.5 Å². The molecule has 0 saturated carbocycles. The molecule has 0 unspecified atom stereocenters. The minimum atomic E-state index is -4.60. The van der Waals surface area contributed by atoms with Crippen LogP contribution in [-0.4, -0.2) is 50.2 Å². The molecule has 2 aromatic rings. The van der Waals surface area contributed by atoms with E-state index in [0.29, 0.717) is 17.9 Å². The number of ether oxygens (including phenoxy) is 1. The average Bonchev–Trinajstić information content (AvgIpc) is 3.05. The summed E-state index contributed by atoms with van der Waals surface area (Å²) >= 11 is 0. The first kappa shape index (κ1) is 19.0. The number of nitrogens with one attached hydrogen (secondary N) is 1. The number of aromatic nitrogens is 4. The van der Waals surface area contributed by atoms with Crippen LogP contribution in [0.4, 0.5) is 18.0 Å². The van der Waals surface area contributed by atoms with Crippen molar-refractivity contribution in [3.63, 3.8) is 0 Å². The summed E-state index contributed by atoms with van der Waals surface area (Å²) in [6, 6.07) is -0.397. The van der Waals surface area contributed by atoms with E-state index in [1.54, 1.807) is 13.8 Å². The summed E-state index contributed by atoms with van der Waals surface area (Å²) < 4.78 is 48.2. The molecule has 2 atom stereocenters. The van der Waals surface area contributed by atoms with E-state index in [1.807, 2.05) is 0 Å². The Morgan fingerprint density at radius 2 is 2.04 bits per heavy atom. The molecule has 0 aliphatic carbocycles. The van der Waals surface area contributed by atoms with Crippen LogP contribution in [0.5, 0.6) is 0 Å². The van der Waals surface area contributed by atoms with E-state index in [9.17, 15) is 18.0 Å². The molecular weight excluding hydrogens is 369 g/mol. The largest absolute Gasteiger partial charge is 0.451 e. The van der Waals surface area contributed by atoms with Gasteiger partial charge in [-0.05, 0) is 13.8 Å². The summed E-state index contributed by atoms with van der Waals surface area (Å²) in [5, 5.41) is 6.34. The molecule has 27 heavy (non-hydrogen) atoms. The Bertz CT molecular complexity index is 795. The van der Waals surface area contributed by atoms with Crippen LogP contribution in [0.3, 0.4) is 0 Å². The third-order valence-corrected chi connectivity index (χ3v) is 3.77. The van der Waals surface area contributed by atoms with Gasteiger partial charge in [-0.2, -0.15) is 18.2 Å². The molecule has 2 aromatic heterocycles. The molecule has 12 heteroatoms. The molecule has 1 aliphatic heterocycles. The number of aryl methyl sites for hydroxylation is 1. The van der Waals surface area contributed by atoms with Gasteiger partial charge in [0.25, 0.3) is 5.89 Å². The summed E-state index contributed by atoms with van der Waals surface area (Å²) in [6.07, 6.45) is -3.34. The zero-order chi connectivity index (χ0) is 19.6. The first-order valence-corrected chi connectivity index (χ1v) is 8.09. The highest BCUT2D eigenvalue weighted by atomic mass is 19.4. The molecule has 0 radical (unpaired) electrons. The number of hydrogen-bond acceptors (Lipinski definition) is 7. The van der Waals surface area contributed by atoms with Gasteiger partial charge in [0.1, 0.15) is 0 Å². The zero-order valence-electron chi connectivity index (χ0n) is 14.5. The van der Waals surface area contributed by atoms with Crippen LogP contribution in [0.25, 0.3) is 0 Å². The Hall–Kier alpha value is -2.76. The van der Waals surface area contributed by atoms with E-state index in [-0.39, 0.29) is 25.1 Å². The average molecular weight is 386 g/mol. The van der Waals surface area contributed by atoms with Gasteiger partial charge in [0.2, 0.25) is 5.82 Å². The number of urea groups is 1. The van der Waals surface area contributed by atoms with Crippen molar-refractivity contribution in [2.45, 2.75) is 38.8 Å². The molecular formula is C15H17F3N6O3. The van der Waals surface area contributed by atoms with E-state index >= 15 is 0 Å². The Labute approximate surface area is 151 Å². The van der Waals surface area contributed by atoms with Crippen molar-refractivity contribution in [2.24, 2.45) is 0 Å². The number of amides is 2. The van der Waals surface area contributed by atoms with E-state index in [0.717, 1.165) is 12.4 Å². The van der Waals surface area contributed by atoms with Gasteiger partial charge in [-0.15, -0.1) is 0 Å². The molecule has 1 N–H and O–H groups in total. The highest BCUT2D eigenvalue weighted by Crippen LogP contribution is 2.25. The highest BCUT2D eigenvalue weighted by molar-refractivity contribution is 5.74. The van der Waals surface area contributed by atoms with Crippen molar-refractivity contribution in [3.8, 4) is 0 Å². The van der Waals surface area contributed by atoms with Crippen LogP contribution in [0.1, 0.15) is 36.1 Å². The lowest BCUT2D eigenvalue weighted by Gasteiger charge is -2.35. The standard InChI is InChI=1S/C15H17F3N6O3/c1-8-6-24(7-11(26-8)12-22-9(2)23-27-12)14(25)21-5-10-3-19-13(20-4-10)15(16,17)18/h3-4,8,11H,5-7H2,1-2H3,(H,21,25)/t8-,11-/m1/s1. The maximum Gasteiger partial charge on any atom is 0.451 e. The lowest BCUT2D eigenvalue weighted by molar-refractivity contribution is -0.145. The SMILES string of the molecule is Cc1noc([C@H]2CN(C(=O)NCc3cnc(C(F)(F)F)nc3)C[C@@H](C)O2)n1. The Morgan fingerprint density at radius 1 is 1.33 bits per heavy atom. The Kier molecular flexibility index (Phi) is 5.26. The number of morpholine rings is 1. The van der Waals surface area contributed by atoms with Gasteiger partial charge >= 0.3 is 12.2 Å². The van der Waals surface area contributed by atoms with Gasteiger partial charge < -0.3 is 19.5 Å². The van der Waals surface area contributed by atoms with Gasteiger partial charge in [-0.3, -0.25) is 0 Å². The minimum absolute atomic E-state index is 0.00690. The molecule has 1 aliphatic rings. The monoisotopic (exact) mass is 386 g/mol. The normalized spacial score (nSPS) is 20.6. The number of carbonyl (C=O) groups excluding carboxylic acids is 1. The third-order valence-electron chi connectivity index (χ3n) is 3.77. The minimum Gasteiger partial charge on any atom is -0.362 e. The number of halogens is 3. The molecule has 9 nitrogen and oxygen atoms in total. The fourth-order valence-corrected chi connectivity index (χ4v) is 2.58. The third kappa shape index (κ3) is 4.70. The van der Waals surface area contributed by atoms with Gasteiger partial charge in [-0.1, -0.05) is 5.16 Å². The van der Waals surface area contributed by atoms with Gasteiger partial charge in [-0.25, -0.2) is 14.8 Å². The zero-order valence-corrected chi connectivity index (χ0v) is 14.5. The number of hydrogen-bond donors (Lipinski definition) is 1. The van der Waals surface area contributed by atoms with Crippen LogP contribution in [-0.2, 0) is 17.5 Å². The summed E-state index contributed by atoms with van der Waals surface area (Å²) in [5.74, 6) is -0.476. The van der Waals surface area contributed by atoms with Crippen molar-refractivity contribution in [1.29, 1.82) is 0 Å². The summed E-state index contributed by atoms with van der Waals surface area (Å²) in [4.78, 5) is 24.5. The van der Waals surface area contributed by atoms with Crippen LogP contribution in [0.2, 0.25) is 0 Å². The van der Waals surface area contributed by atoms with Crippen molar-refractivity contribution >= 4 is 6.03 Å². The molecule has 2 amide bonds. The van der Waals surface area contributed by atoms with Crippen LogP contribution in [0, 0.1) is 6.92 Å². The van der Waals surface area contributed by atoms with Crippen molar-refractivity contribution in [2.75, 3.05) is 13.1 Å². The fraction of sp³-hybridized carbons (Fsp3) is 0.533.